The molecule has 1 amide bonds. The average molecular weight is 365 g/mol. The van der Waals surface area contributed by atoms with Crippen molar-refractivity contribution in [1.29, 1.82) is 0 Å². The monoisotopic (exact) mass is 365 g/mol. The molecule has 0 aliphatic carbocycles. The molecule has 0 fully saturated rings. The van der Waals surface area contributed by atoms with E-state index in [4.69, 9.17) is 11.5 Å². The Morgan fingerprint density at radius 2 is 1.77 bits per heavy atom. The molecular weight excluding hydrogens is 346 g/mol. The number of nitrogen functional groups attached to an aromatic ring is 2. The van der Waals surface area contributed by atoms with Crippen LogP contribution in [-0.4, -0.2) is 22.9 Å². The molecule has 0 aliphatic heterocycles. The second kappa shape index (κ2) is 7.45. The lowest BCUT2D eigenvalue weighted by Crippen LogP contribution is -2.28. The van der Waals surface area contributed by atoms with E-state index in [2.05, 4.69) is 9.97 Å². The zero-order valence-electron chi connectivity index (χ0n) is 14.5. The third-order valence-corrected chi connectivity index (χ3v) is 4.88. The number of aryl methyl sites for hydroxylation is 1. The maximum absolute atomic E-state index is 12.9. The van der Waals surface area contributed by atoms with Gasteiger partial charge in [-0.05, 0) is 43.3 Å². The Labute approximate surface area is 156 Å². The highest BCUT2D eigenvalue weighted by atomic mass is 32.2. The van der Waals surface area contributed by atoms with Crippen LogP contribution in [0.4, 0.5) is 17.2 Å². The molecule has 6 nitrogen and oxygen atoms in total. The molecule has 0 saturated heterocycles. The third-order valence-electron chi connectivity index (χ3n) is 3.81. The van der Waals surface area contributed by atoms with Crippen molar-refractivity contribution in [3.8, 4) is 0 Å². The van der Waals surface area contributed by atoms with Gasteiger partial charge in [0.2, 0.25) is 0 Å². The molecule has 132 valence electrons. The molecule has 0 bridgehead atoms. The van der Waals surface area contributed by atoms with Gasteiger partial charge in [-0.3, -0.25) is 4.79 Å². The van der Waals surface area contributed by atoms with Crippen LogP contribution in [0, 0.1) is 6.92 Å². The quantitative estimate of drug-likeness (QED) is 0.688. The van der Waals surface area contributed by atoms with E-state index in [1.165, 1.54) is 6.20 Å². The van der Waals surface area contributed by atoms with Crippen molar-refractivity contribution in [2.24, 2.45) is 0 Å². The Hall–Kier alpha value is -3.06. The number of nitrogens with two attached hydrogens (primary N) is 2. The van der Waals surface area contributed by atoms with Gasteiger partial charge in [0.15, 0.2) is 0 Å². The average Bonchev–Trinajstić information content (AvgIpc) is 2.63. The fourth-order valence-corrected chi connectivity index (χ4v) is 3.41. The van der Waals surface area contributed by atoms with Crippen molar-refractivity contribution < 1.29 is 4.79 Å². The number of amides is 1. The van der Waals surface area contributed by atoms with Crippen molar-refractivity contribution in [3.05, 3.63) is 66.1 Å². The van der Waals surface area contributed by atoms with E-state index in [1.807, 2.05) is 48.5 Å². The first-order valence-electron chi connectivity index (χ1n) is 7.95. The number of nitrogens with zero attached hydrogens (tertiary/aromatic N) is 3. The van der Waals surface area contributed by atoms with Gasteiger partial charge >= 0.3 is 0 Å². The van der Waals surface area contributed by atoms with Gasteiger partial charge in [-0.1, -0.05) is 23.9 Å². The summed E-state index contributed by atoms with van der Waals surface area (Å²) in [6.45, 7) is 1.73. The number of anilines is 3. The van der Waals surface area contributed by atoms with Crippen LogP contribution in [0.15, 0.2) is 64.5 Å². The first-order valence-corrected chi connectivity index (χ1v) is 8.77. The van der Waals surface area contributed by atoms with Gasteiger partial charge in [0.05, 0.1) is 5.69 Å². The molecule has 1 heterocycles. The molecule has 7 heteroatoms. The van der Waals surface area contributed by atoms with Gasteiger partial charge < -0.3 is 16.4 Å². The molecule has 0 unspecified atom stereocenters. The third kappa shape index (κ3) is 3.78. The summed E-state index contributed by atoms with van der Waals surface area (Å²) < 4.78 is 0. The minimum Gasteiger partial charge on any atom is -0.399 e. The molecule has 0 aliphatic rings. The Bertz CT molecular complexity index is 943. The van der Waals surface area contributed by atoms with Gasteiger partial charge in [0.1, 0.15) is 17.2 Å². The van der Waals surface area contributed by atoms with Crippen LogP contribution in [0.3, 0.4) is 0 Å². The van der Waals surface area contributed by atoms with Crippen molar-refractivity contribution >= 4 is 34.9 Å². The van der Waals surface area contributed by atoms with Crippen molar-refractivity contribution in [2.45, 2.75) is 16.7 Å². The Kier molecular flexibility index (Phi) is 5.09. The van der Waals surface area contributed by atoms with Crippen LogP contribution < -0.4 is 16.4 Å². The molecule has 1 aromatic heterocycles. The Morgan fingerprint density at radius 3 is 2.46 bits per heavy atom. The largest absolute Gasteiger partial charge is 0.399 e. The standard InChI is InChI=1S/C19H19N5OS/c1-12-22-11-15(18(21)23-12)19(25)24(2)16-5-3-4-6-17(16)26-14-9-7-13(20)8-10-14/h3-11H,20H2,1-2H3,(H2,21,22,23). The molecule has 0 atom stereocenters. The fourth-order valence-electron chi connectivity index (χ4n) is 2.43. The zero-order valence-corrected chi connectivity index (χ0v) is 15.3. The van der Waals surface area contributed by atoms with Crippen LogP contribution in [-0.2, 0) is 0 Å². The number of benzene rings is 2. The maximum atomic E-state index is 12.9. The van der Waals surface area contributed by atoms with Crippen molar-refractivity contribution in [1.82, 2.24) is 9.97 Å². The van der Waals surface area contributed by atoms with Crippen LogP contribution in [0.5, 0.6) is 0 Å². The summed E-state index contributed by atoms with van der Waals surface area (Å²) in [5, 5.41) is 0. The fraction of sp³-hybridized carbons (Fsp3) is 0.105. The van der Waals surface area contributed by atoms with E-state index >= 15 is 0 Å². The van der Waals surface area contributed by atoms with E-state index in [0.717, 1.165) is 15.5 Å². The summed E-state index contributed by atoms with van der Waals surface area (Å²) in [6.07, 6.45) is 1.46. The second-order valence-corrected chi connectivity index (χ2v) is 6.83. The molecular formula is C19H19N5OS. The zero-order chi connectivity index (χ0) is 18.7. The number of carbonyl (C=O) groups is 1. The van der Waals surface area contributed by atoms with Gasteiger partial charge in [-0.15, -0.1) is 0 Å². The number of carbonyl (C=O) groups excluding carboxylic acids is 1. The number of aromatic nitrogens is 2. The van der Waals surface area contributed by atoms with Crippen LogP contribution in [0.1, 0.15) is 16.2 Å². The first kappa shape index (κ1) is 17.8. The lowest BCUT2D eigenvalue weighted by molar-refractivity contribution is 0.0993. The highest BCUT2D eigenvalue weighted by molar-refractivity contribution is 7.99. The highest BCUT2D eigenvalue weighted by Crippen LogP contribution is 2.35. The summed E-state index contributed by atoms with van der Waals surface area (Å²) in [5.41, 5.74) is 13.4. The van der Waals surface area contributed by atoms with Gasteiger partial charge in [0.25, 0.3) is 5.91 Å². The Morgan fingerprint density at radius 1 is 1.08 bits per heavy atom. The maximum Gasteiger partial charge on any atom is 0.263 e. The summed E-state index contributed by atoms with van der Waals surface area (Å²) in [5.74, 6) is 0.451. The molecule has 3 rings (SSSR count). The van der Waals surface area contributed by atoms with E-state index < -0.39 is 0 Å². The van der Waals surface area contributed by atoms with E-state index in [1.54, 1.807) is 30.6 Å². The number of para-hydroxylation sites is 1. The Balaban J connectivity index is 1.91. The van der Waals surface area contributed by atoms with E-state index in [9.17, 15) is 4.79 Å². The summed E-state index contributed by atoms with van der Waals surface area (Å²) in [7, 11) is 1.71. The van der Waals surface area contributed by atoms with Gasteiger partial charge in [-0.2, -0.15) is 0 Å². The molecule has 26 heavy (non-hydrogen) atoms. The highest BCUT2D eigenvalue weighted by Gasteiger charge is 2.20. The summed E-state index contributed by atoms with van der Waals surface area (Å²) >= 11 is 1.56. The summed E-state index contributed by atoms with van der Waals surface area (Å²) in [4.78, 5) is 24.6. The number of hydrogen-bond acceptors (Lipinski definition) is 6. The normalized spacial score (nSPS) is 10.5. The SMILES string of the molecule is Cc1ncc(C(=O)N(C)c2ccccc2Sc2ccc(N)cc2)c(N)n1. The van der Waals surface area contributed by atoms with Crippen molar-refractivity contribution in [2.75, 3.05) is 23.4 Å². The molecule has 2 aromatic carbocycles. The first-order chi connectivity index (χ1) is 12.5. The predicted octanol–water partition coefficient (Wildman–Crippen LogP) is 3.38. The van der Waals surface area contributed by atoms with Gasteiger partial charge in [-0.25, -0.2) is 9.97 Å². The topological polar surface area (TPSA) is 98.1 Å². The number of rotatable bonds is 4. The predicted molar refractivity (Wildman–Crippen MR) is 105 cm³/mol. The smallest absolute Gasteiger partial charge is 0.263 e. The van der Waals surface area contributed by atoms with E-state index in [-0.39, 0.29) is 17.3 Å². The minimum absolute atomic E-state index is 0.179. The number of hydrogen-bond donors (Lipinski definition) is 2. The van der Waals surface area contributed by atoms with Crippen molar-refractivity contribution in [3.63, 3.8) is 0 Å². The van der Waals surface area contributed by atoms with Crippen LogP contribution in [0.25, 0.3) is 0 Å². The lowest BCUT2D eigenvalue weighted by Gasteiger charge is -2.21. The second-order valence-electron chi connectivity index (χ2n) is 5.72. The summed E-state index contributed by atoms with van der Waals surface area (Å²) in [6, 6.07) is 15.3. The van der Waals surface area contributed by atoms with Crippen LogP contribution >= 0.6 is 11.8 Å². The molecule has 0 radical (unpaired) electrons. The molecule has 3 aromatic rings. The minimum atomic E-state index is -0.257. The lowest BCUT2D eigenvalue weighted by atomic mass is 10.2. The molecule has 0 spiro atoms. The van der Waals surface area contributed by atoms with Crippen LogP contribution in [0.2, 0.25) is 0 Å². The molecule has 0 saturated carbocycles. The van der Waals surface area contributed by atoms with Gasteiger partial charge in [0, 0.05) is 28.7 Å². The van der Waals surface area contributed by atoms with E-state index in [0.29, 0.717) is 11.5 Å². The molecule has 4 N–H and O–H groups in total.